The van der Waals surface area contributed by atoms with Gasteiger partial charge >= 0.3 is 0 Å². The zero-order valence-corrected chi connectivity index (χ0v) is 15.4. The summed E-state index contributed by atoms with van der Waals surface area (Å²) < 4.78 is 2.08. The van der Waals surface area contributed by atoms with Gasteiger partial charge in [-0.2, -0.15) is 16.9 Å². The minimum Gasteiger partial charge on any atom is -0.389 e. The summed E-state index contributed by atoms with van der Waals surface area (Å²) in [6, 6.07) is 10.4. The second-order valence-corrected chi connectivity index (χ2v) is 7.96. The first-order valence-corrected chi connectivity index (χ1v) is 9.80. The molecule has 24 heavy (non-hydrogen) atoms. The number of nitrogens with zero attached hydrogens (tertiary/aromatic N) is 2. The number of aryl methyl sites for hydroxylation is 1. The van der Waals surface area contributed by atoms with Crippen molar-refractivity contribution in [2.24, 2.45) is 0 Å². The normalized spacial score (nSPS) is 17.1. The molecule has 2 N–H and O–H groups in total. The fourth-order valence-electron chi connectivity index (χ4n) is 3.25. The molecule has 1 aromatic heterocycles. The van der Waals surface area contributed by atoms with Crippen LogP contribution in [0.15, 0.2) is 30.3 Å². The Kier molecular flexibility index (Phi) is 5.64. The molecule has 0 radical (unpaired) electrons. The van der Waals surface area contributed by atoms with Crippen molar-refractivity contribution in [1.82, 2.24) is 15.1 Å². The zero-order chi connectivity index (χ0) is 17.0. The smallest absolute Gasteiger partial charge is 0.0787 e. The van der Waals surface area contributed by atoms with Gasteiger partial charge in [-0.3, -0.25) is 4.68 Å². The van der Waals surface area contributed by atoms with Crippen LogP contribution in [0.25, 0.3) is 0 Å². The molecule has 5 heteroatoms. The molecule has 1 saturated heterocycles. The van der Waals surface area contributed by atoms with Crippen LogP contribution < -0.4 is 5.32 Å². The number of nitrogens with one attached hydrogen (secondary N) is 1. The summed E-state index contributed by atoms with van der Waals surface area (Å²) in [6.07, 6.45) is 1.77. The van der Waals surface area contributed by atoms with Gasteiger partial charge in [-0.15, -0.1) is 0 Å². The Bertz CT molecular complexity index is 663. The number of thioether (sulfide) groups is 1. The Morgan fingerprint density at radius 3 is 2.62 bits per heavy atom. The SMILES string of the molecule is Cc1nn(Cc2ccccc2)c(C)c1CNCC1(O)CCSCC1. The van der Waals surface area contributed by atoms with Crippen LogP contribution in [0.3, 0.4) is 0 Å². The number of hydrogen-bond donors (Lipinski definition) is 2. The van der Waals surface area contributed by atoms with Crippen LogP contribution in [0.4, 0.5) is 0 Å². The van der Waals surface area contributed by atoms with E-state index in [9.17, 15) is 5.11 Å². The third kappa shape index (κ3) is 4.21. The van der Waals surface area contributed by atoms with Crippen molar-refractivity contribution in [2.45, 2.75) is 45.4 Å². The highest BCUT2D eigenvalue weighted by molar-refractivity contribution is 7.99. The van der Waals surface area contributed by atoms with E-state index in [4.69, 9.17) is 5.10 Å². The maximum Gasteiger partial charge on any atom is 0.0787 e. The highest BCUT2D eigenvalue weighted by Crippen LogP contribution is 2.26. The molecular weight excluding hydrogens is 318 g/mol. The van der Waals surface area contributed by atoms with E-state index in [1.165, 1.54) is 16.8 Å². The quantitative estimate of drug-likeness (QED) is 0.845. The Hall–Kier alpha value is -1.30. The molecule has 1 fully saturated rings. The summed E-state index contributed by atoms with van der Waals surface area (Å²) in [4.78, 5) is 0. The molecule has 1 aliphatic rings. The summed E-state index contributed by atoms with van der Waals surface area (Å²) in [5.41, 5.74) is 4.25. The standard InChI is InChI=1S/C19H27N3OS/c1-15-18(12-20-14-19(23)8-10-24-11-9-19)16(2)22(21-15)13-17-6-4-3-5-7-17/h3-7,20,23H,8-14H2,1-2H3. The molecule has 0 amide bonds. The fourth-order valence-corrected chi connectivity index (χ4v) is 4.50. The molecule has 4 nitrogen and oxygen atoms in total. The van der Waals surface area contributed by atoms with Gasteiger partial charge in [-0.25, -0.2) is 0 Å². The molecule has 0 spiro atoms. The van der Waals surface area contributed by atoms with Gasteiger partial charge in [-0.05, 0) is 43.8 Å². The lowest BCUT2D eigenvalue weighted by molar-refractivity contribution is 0.0320. The molecule has 0 unspecified atom stereocenters. The van der Waals surface area contributed by atoms with Crippen LogP contribution in [0, 0.1) is 13.8 Å². The van der Waals surface area contributed by atoms with Crippen molar-refractivity contribution in [2.75, 3.05) is 18.1 Å². The highest BCUT2D eigenvalue weighted by Gasteiger charge is 2.29. The Labute approximate surface area is 148 Å². The summed E-state index contributed by atoms with van der Waals surface area (Å²) in [5.74, 6) is 2.12. The number of hydrogen-bond acceptors (Lipinski definition) is 4. The van der Waals surface area contributed by atoms with Crippen LogP contribution in [0.2, 0.25) is 0 Å². The molecule has 2 heterocycles. The van der Waals surface area contributed by atoms with Gasteiger partial charge < -0.3 is 10.4 Å². The second-order valence-electron chi connectivity index (χ2n) is 6.73. The largest absolute Gasteiger partial charge is 0.389 e. The molecule has 130 valence electrons. The van der Waals surface area contributed by atoms with Gasteiger partial charge in [0.2, 0.25) is 0 Å². The van der Waals surface area contributed by atoms with Crippen LogP contribution in [0.5, 0.6) is 0 Å². The first-order valence-electron chi connectivity index (χ1n) is 8.65. The van der Waals surface area contributed by atoms with Crippen molar-refractivity contribution in [3.05, 3.63) is 52.8 Å². The average molecular weight is 346 g/mol. The van der Waals surface area contributed by atoms with Crippen molar-refractivity contribution in [3.8, 4) is 0 Å². The Balaban J connectivity index is 1.61. The van der Waals surface area contributed by atoms with Gasteiger partial charge in [0.05, 0.1) is 17.8 Å². The molecular formula is C19H27N3OS. The monoisotopic (exact) mass is 345 g/mol. The molecule has 0 saturated carbocycles. The van der Waals surface area contributed by atoms with Crippen molar-refractivity contribution >= 4 is 11.8 Å². The van der Waals surface area contributed by atoms with Gasteiger partial charge in [0.1, 0.15) is 0 Å². The van der Waals surface area contributed by atoms with Crippen LogP contribution >= 0.6 is 11.8 Å². The number of aromatic nitrogens is 2. The van der Waals surface area contributed by atoms with Crippen LogP contribution in [-0.4, -0.2) is 38.5 Å². The Morgan fingerprint density at radius 1 is 1.21 bits per heavy atom. The molecule has 0 aliphatic carbocycles. The first kappa shape index (κ1) is 17.5. The highest BCUT2D eigenvalue weighted by atomic mass is 32.2. The average Bonchev–Trinajstić information content (AvgIpc) is 2.84. The molecule has 1 aromatic carbocycles. The van der Waals surface area contributed by atoms with Gasteiger partial charge in [-0.1, -0.05) is 30.3 Å². The van der Waals surface area contributed by atoms with E-state index in [0.717, 1.165) is 43.1 Å². The second kappa shape index (κ2) is 7.72. The minimum absolute atomic E-state index is 0.535. The maximum absolute atomic E-state index is 10.6. The molecule has 0 atom stereocenters. The lowest BCUT2D eigenvalue weighted by Crippen LogP contribution is -2.43. The van der Waals surface area contributed by atoms with Crippen molar-refractivity contribution in [1.29, 1.82) is 0 Å². The van der Waals surface area contributed by atoms with E-state index < -0.39 is 5.60 Å². The molecule has 2 aromatic rings. The Morgan fingerprint density at radius 2 is 1.92 bits per heavy atom. The predicted molar refractivity (Wildman–Crippen MR) is 100 cm³/mol. The van der Waals surface area contributed by atoms with E-state index in [0.29, 0.717) is 6.54 Å². The number of benzene rings is 1. The fraction of sp³-hybridized carbons (Fsp3) is 0.526. The van der Waals surface area contributed by atoms with Crippen LogP contribution in [0.1, 0.15) is 35.4 Å². The molecule has 0 bridgehead atoms. The van der Waals surface area contributed by atoms with Crippen molar-refractivity contribution in [3.63, 3.8) is 0 Å². The lowest BCUT2D eigenvalue weighted by atomic mass is 9.97. The van der Waals surface area contributed by atoms with Gasteiger partial charge in [0.15, 0.2) is 0 Å². The topological polar surface area (TPSA) is 50.1 Å². The van der Waals surface area contributed by atoms with E-state index >= 15 is 0 Å². The van der Waals surface area contributed by atoms with Crippen molar-refractivity contribution < 1.29 is 5.11 Å². The molecule has 3 rings (SSSR count). The van der Waals surface area contributed by atoms with Crippen LogP contribution in [-0.2, 0) is 13.1 Å². The van der Waals surface area contributed by atoms with Gasteiger partial charge in [0, 0.05) is 24.3 Å². The first-order chi connectivity index (χ1) is 11.6. The van der Waals surface area contributed by atoms with E-state index in [1.807, 2.05) is 17.8 Å². The van der Waals surface area contributed by atoms with E-state index in [1.54, 1.807) is 0 Å². The predicted octanol–water partition coefficient (Wildman–Crippen LogP) is 2.90. The minimum atomic E-state index is -0.535. The van der Waals surface area contributed by atoms with E-state index in [-0.39, 0.29) is 0 Å². The third-order valence-electron chi connectivity index (χ3n) is 4.89. The number of rotatable bonds is 6. The summed E-state index contributed by atoms with van der Waals surface area (Å²) in [7, 11) is 0. The molecule has 1 aliphatic heterocycles. The third-order valence-corrected chi connectivity index (χ3v) is 5.87. The number of aliphatic hydroxyl groups is 1. The lowest BCUT2D eigenvalue weighted by Gasteiger charge is -2.32. The van der Waals surface area contributed by atoms with Gasteiger partial charge in [0.25, 0.3) is 0 Å². The summed E-state index contributed by atoms with van der Waals surface area (Å²) >= 11 is 1.94. The summed E-state index contributed by atoms with van der Waals surface area (Å²) in [6.45, 7) is 6.43. The van der Waals surface area contributed by atoms with E-state index in [2.05, 4.69) is 48.1 Å². The maximum atomic E-state index is 10.6. The summed E-state index contributed by atoms with van der Waals surface area (Å²) in [5, 5.41) is 18.7. The zero-order valence-electron chi connectivity index (χ0n) is 14.6.